The number of hydrogen-bond donors (Lipinski definition) is 0. The Kier molecular flexibility index (Phi) is 3.86. The van der Waals surface area contributed by atoms with Gasteiger partial charge in [-0.25, -0.2) is 9.97 Å². The monoisotopic (exact) mass is 379 g/mol. The summed E-state index contributed by atoms with van der Waals surface area (Å²) in [4.78, 5) is 23.3. The minimum Gasteiger partial charge on any atom is -0.261 e. The highest BCUT2D eigenvalue weighted by atomic mass is 14.9. The molecule has 0 bridgehead atoms. The molecule has 0 spiro atoms. The highest BCUT2D eigenvalue weighted by Gasteiger charge is 2.28. The molecule has 0 N–H and O–H groups in total. The molecule has 2 atom stereocenters. The van der Waals surface area contributed by atoms with Crippen LogP contribution in [-0.2, 0) is 25.7 Å². The minimum absolute atomic E-state index is 0.336. The van der Waals surface area contributed by atoms with Crippen molar-refractivity contribution in [3.05, 3.63) is 88.9 Å². The first kappa shape index (κ1) is 16.7. The molecular weight excluding hydrogens is 358 g/mol. The fourth-order valence-corrected chi connectivity index (χ4v) is 4.79. The number of aromatic nitrogens is 5. The second-order valence-electron chi connectivity index (χ2n) is 8.14. The SMILES string of the molecule is c1cnc2c(c1)CC(c1ccc3c(n1)CC(c1cnc4cccnc4n1)C3)CC2. The predicted octanol–water partition coefficient (Wildman–Crippen LogP) is 3.97. The zero-order valence-corrected chi connectivity index (χ0v) is 16.1. The largest absolute Gasteiger partial charge is 0.261 e. The average molecular weight is 379 g/mol. The molecule has 2 unspecified atom stereocenters. The van der Waals surface area contributed by atoms with Gasteiger partial charge < -0.3 is 0 Å². The maximum atomic E-state index is 5.10. The van der Waals surface area contributed by atoms with Crippen LogP contribution in [0.5, 0.6) is 0 Å². The Hall–Kier alpha value is -3.21. The van der Waals surface area contributed by atoms with Crippen molar-refractivity contribution < 1.29 is 0 Å². The van der Waals surface area contributed by atoms with E-state index in [-0.39, 0.29) is 0 Å². The number of fused-ring (bicyclic) bond motifs is 3. The van der Waals surface area contributed by atoms with E-state index in [1.165, 1.54) is 28.2 Å². The molecule has 4 aromatic heterocycles. The summed E-state index contributed by atoms with van der Waals surface area (Å²) >= 11 is 0. The normalized spacial score (nSPS) is 20.4. The molecule has 0 aromatic carbocycles. The van der Waals surface area contributed by atoms with Crippen LogP contribution >= 0.6 is 0 Å². The third kappa shape index (κ3) is 2.97. The van der Waals surface area contributed by atoms with Crippen LogP contribution in [0.3, 0.4) is 0 Å². The van der Waals surface area contributed by atoms with Gasteiger partial charge in [-0.05, 0) is 67.5 Å². The van der Waals surface area contributed by atoms with Crippen LogP contribution in [0.25, 0.3) is 11.2 Å². The maximum Gasteiger partial charge on any atom is 0.178 e. The van der Waals surface area contributed by atoms with Crippen molar-refractivity contribution >= 4 is 11.2 Å². The van der Waals surface area contributed by atoms with E-state index in [1.807, 2.05) is 30.6 Å². The second-order valence-corrected chi connectivity index (χ2v) is 8.14. The Morgan fingerprint density at radius 2 is 1.55 bits per heavy atom. The molecule has 6 rings (SSSR count). The van der Waals surface area contributed by atoms with Gasteiger partial charge in [-0.15, -0.1) is 0 Å². The summed E-state index contributed by atoms with van der Waals surface area (Å²) in [7, 11) is 0. The van der Waals surface area contributed by atoms with Crippen LogP contribution in [0.1, 0.15) is 52.2 Å². The number of aryl methyl sites for hydroxylation is 1. The Morgan fingerprint density at radius 1 is 0.690 bits per heavy atom. The van der Waals surface area contributed by atoms with E-state index in [0.29, 0.717) is 11.8 Å². The lowest BCUT2D eigenvalue weighted by atomic mass is 9.84. The molecule has 0 saturated heterocycles. The smallest absolute Gasteiger partial charge is 0.178 e. The van der Waals surface area contributed by atoms with E-state index in [2.05, 4.69) is 33.2 Å². The van der Waals surface area contributed by atoms with Crippen LogP contribution in [0, 0.1) is 0 Å². The van der Waals surface area contributed by atoms with Crippen LogP contribution in [0.2, 0.25) is 0 Å². The average Bonchev–Trinajstić information content (AvgIpc) is 3.22. The molecule has 0 fully saturated rings. The molecule has 142 valence electrons. The number of rotatable bonds is 2. The Balaban J connectivity index is 1.26. The van der Waals surface area contributed by atoms with Crippen LogP contribution < -0.4 is 0 Å². The number of nitrogens with zero attached hydrogens (tertiary/aromatic N) is 5. The summed E-state index contributed by atoms with van der Waals surface area (Å²) in [6.45, 7) is 0. The molecule has 0 amide bonds. The molecule has 29 heavy (non-hydrogen) atoms. The van der Waals surface area contributed by atoms with E-state index in [9.17, 15) is 0 Å². The van der Waals surface area contributed by atoms with Crippen molar-refractivity contribution in [2.24, 2.45) is 0 Å². The molecule has 5 nitrogen and oxygen atoms in total. The van der Waals surface area contributed by atoms with Crippen molar-refractivity contribution in [2.45, 2.75) is 43.9 Å². The summed E-state index contributed by atoms with van der Waals surface area (Å²) in [5.41, 5.74) is 9.03. The van der Waals surface area contributed by atoms with Gasteiger partial charge in [0.05, 0.1) is 5.69 Å². The number of pyridine rings is 3. The maximum absolute atomic E-state index is 5.10. The fourth-order valence-electron chi connectivity index (χ4n) is 4.79. The summed E-state index contributed by atoms with van der Waals surface area (Å²) in [6, 6.07) is 12.6. The molecule has 0 aliphatic heterocycles. The molecule has 4 aromatic rings. The van der Waals surface area contributed by atoms with Gasteiger partial charge in [-0.3, -0.25) is 15.0 Å². The fraction of sp³-hybridized carbons (Fsp3) is 0.292. The van der Waals surface area contributed by atoms with E-state index < -0.39 is 0 Å². The van der Waals surface area contributed by atoms with Crippen LogP contribution in [0.4, 0.5) is 0 Å². The molecule has 5 heteroatoms. The van der Waals surface area contributed by atoms with Crippen LogP contribution in [-0.4, -0.2) is 24.9 Å². The zero-order chi connectivity index (χ0) is 19.2. The standard InChI is InChI=1S/C24H21N5/c1-3-15-11-16(5-7-19(15)25-9-1)20-8-6-17-12-18(13-22(17)28-20)23-14-27-21-4-2-10-26-24(21)29-23/h1-4,6,8-10,14,16,18H,5,7,11-13H2. The highest BCUT2D eigenvalue weighted by Crippen LogP contribution is 2.36. The van der Waals surface area contributed by atoms with Gasteiger partial charge in [-0.2, -0.15) is 0 Å². The van der Waals surface area contributed by atoms with Gasteiger partial charge in [0.1, 0.15) is 5.52 Å². The quantitative estimate of drug-likeness (QED) is 0.527. The first-order valence-electron chi connectivity index (χ1n) is 10.3. The molecule has 0 saturated carbocycles. The van der Waals surface area contributed by atoms with E-state index in [1.54, 1.807) is 6.20 Å². The van der Waals surface area contributed by atoms with Crippen molar-refractivity contribution in [1.82, 2.24) is 24.9 Å². The lowest BCUT2D eigenvalue weighted by Crippen LogP contribution is -2.15. The van der Waals surface area contributed by atoms with Gasteiger partial charge >= 0.3 is 0 Å². The molecule has 4 heterocycles. The van der Waals surface area contributed by atoms with Crippen molar-refractivity contribution in [3.8, 4) is 0 Å². The molecule has 2 aliphatic rings. The van der Waals surface area contributed by atoms with Crippen molar-refractivity contribution in [2.75, 3.05) is 0 Å². The molecule has 2 aliphatic carbocycles. The van der Waals surface area contributed by atoms with E-state index in [0.717, 1.165) is 49.0 Å². The van der Waals surface area contributed by atoms with Crippen LogP contribution in [0.15, 0.2) is 55.0 Å². The van der Waals surface area contributed by atoms with E-state index in [4.69, 9.17) is 9.97 Å². The third-order valence-corrected chi connectivity index (χ3v) is 6.35. The zero-order valence-electron chi connectivity index (χ0n) is 16.1. The Morgan fingerprint density at radius 3 is 2.55 bits per heavy atom. The summed E-state index contributed by atoms with van der Waals surface area (Å²) in [6.07, 6.45) is 10.7. The Labute approximate surface area is 169 Å². The van der Waals surface area contributed by atoms with Gasteiger partial charge in [0.2, 0.25) is 0 Å². The Bertz CT molecular complexity index is 1220. The molecular formula is C24H21N5. The first-order valence-corrected chi connectivity index (χ1v) is 10.3. The first-order chi connectivity index (χ1) is 14.3. The van der Waals surface area contributed by atoms with Gasteiger partial charge in [0.15, 0.2) is 5.65 Å². The van der Waals surface area contributed by atoms with Gasteiger partial charge in [0.25, 0.3) is 0 Å². The summed E-state index contributed by atoms with van der Waals surface area (Å²) < 4.78 is 0. The van der Waals surface area contributed by atoms with Gasteiger partial charge in [-0.1, -0.05) is 12.1 Å². The minimum atomic E-state index is 0.336. The van der Waals surface area contributed by atoms with Crippen molar-refractivity contribution in [1.29, 1.82) is 0 Å². The highest BCUT2D eigenvalue weighted by molar-refractivity contribution is 5.68. The van der Waals surface area contributed by atoms with E-state index >= 15 is 0 Å². The van der Waals surface area contributed by atoms with Gasteiger partial charge in [0, 0.05) is 47.5 Å². The van der Waals surface area contributed by atoms with Crippen molar-refractivity contribution in [3.63, 3.8) is 0 Å². The topological polar surface area (TPSA) is 64.5 Å². The lowest BCUT2D eigenvalue weighted by molar-refractivity contribution is 0.559. The molecule has 0 radical (unpaired) electrons. The number of hydrogen-bond acceptors (Lipinski definition) is 5. The summed E-state index contributed by atoms with van der Waals surface area (Å²) in [5, 5.41) is 0. The second kappa shape index (κ2) is 6.69. The predicted molar refractivity (Wildman–Crippen MR) is 111 cm³/mol. The third-order valence-electron chi connectivity index (χ3n) is 6.35. The summed E-state index contributed by atoms with van der Waals surface area (Å²) in [5.74, 6) is 0.823. The lowest BCUT2D eigenvalue weighted by Gasteiger charge is -2.23.